The van der Waals surface area contributed by atoms with E-state index in [9.17, 15) is 10.1 Å². The Morgan fingerprint density at radius 3 is 2.71 bits per heavy atom. The molecule has 174 valence electrons. The number of aromatic amines is 1. The van der Waals surface area contributed by atoms with Gasteiger partial charge in [-0.2, -0.15) is 9.97 Å². The summed E-state index contributed by atoms with van der Waals surface area (Å²) >= 11 is 6.60. The molecule has 1 aliphatic rings. The summed E-state index contributed by atoms with van der Waals surface area (Å²) in [6.07, 6.45) is 1.73. The molecule has 0 bridgehead atoms. The molecule has 3 heterocycles. The molecular weight excluding hydrogens is 458 g/mol. The fourth-order valence-corrected chi connectivity index (χ4v) is 4.14. The van der Waals surface area contributed by atoms with E-state index in [4.69, 9.17) is 16.3 Å². The summed E-state index contributed by atoms with van der Waals surface area (Å²) in [5, 5.41) is 15.6. The van der Waals surface area contributed by atoms with E-state index in [0.29, 0.717) is 27.8 Å². The number of non-ortho nitro benzene ring substituents is 1. The van der Waals surface area contributed by atoms with E-state index in [2.05, 4.69) is 37.1 Å². The number of H-pyrrole nitrogens is 1. The Labute approximate surface area is 200 Å². The highest BCUT2D eigenvalue weighted by Crippen LogP contribution is 2.33. The molecule has 0 unspecified atom stereocenters. The highest BCUT2D eigenvalue weighted by atomic mass is 35.5. The molecule has 2 N–H and O–H groups in total. The Bertz CT molecular complexity index is 1350. The molecule has 4 aromatic rings. The number of likely N-dealkylation sites (N-methyl/N-ethyl adjacent to an activating group) is 1. The molecule has 0 radical (unpaired) electrons. The summed E-state index contributed by atoms with van der Waals surface area (Å²) in [5.74, 6) is 0.883. The van der Waals surface area contributed by atoms with Crippen LogP contribution in [0.4, 0.5) is 23.0 Å². The number of halogens is 1. The van der Waals surface area contributed by atoms with Crippen molar-refractivity contribution in [2.45, 2.75) is 0 Å². The van der Waals surface area contributed by atoms with Gasteiger partial charge in [0.2, 0.25) is 11.8 Å². The molecule has 2 aromatic heterocycles. The third kappa shape index (κ3) is 4.59. The normalized spacial score (nSPS) is 14.4. The number of nitro groups is 1. The van der Waals surface area contributed by atoms with Crippen LogP contribution in [0.1, 0.15) is 0 Å². The summed E-state index contributed by atoms with van der Waals surface area (Å²) in [7, 11) is 2.12. The zero-order valence-corrected chi connectivity index (χ0v) is 19.1. The smallest absolute Gasteiger partial charge is 0.273 e. The van der Waals surface area contributed by atoms with Crippen molar-refractivity contribution in [2.75, 3.05) is 43.4 Å². The molecule has 1 fully saturated rings. The number of nitrogens with zero attached hydrogens (tertiary/aromatic N) is 5. The number of nitrogens with one attached hydrogen (secondary N) is 2. The van der Waals surface area contributed by atoms with Gasteiger partial charge in [-0.1, -0.05) is 17.7 Å². The topological polar surface area (TPSA) is 112 Å². The van der Waals surface area contributed by atoms with Crippen LogP contribution in [0.25, 0.3) is 11.0 Å². The fourth-order valence-electron chi connectivity index (χ4n) is 3.84. The summed E-state index contributed by atoms with van der Waals surface area (Å²) < 4.78 is 5.90. The first kappa shape index (κ1) is 21.9. The molecule has 11 heteroatoms. The lowest BCUT2D eigenvalue weighted by Gasteiger charge is -2.34. The summed E-state index contributed by atoms with van der Waals surface area (Å²) in [4.78, 5) is 27.2. The summed E-state index contributed by atoms with van der Waals surface area (Å²) in [6.45, 7) is 3.84. The lowest BCUT2D eigenvalue weighted by atomic mass is 10.2. The van der Waals surface area contributed by atoms with Crippen molar-refractivity contribution in [1.82, 2.24) is 19.9 Å². The van der Waals surface area contributed by atoms with Gasteiger partial charge in [0.25, 0.3) is 5.69 Å². The van der Waals surface area contributed by atoms with Crippen LogP contribution in [0, 0.1) is 10.1 Å². The minimum absolute atomic E-state index is 0.0645. The van der Waals surface area contributed by atoms with Gasteiger partial charge in [0.15, 0.2) is 0 Å². The van der Waals surface area contributed by atoms with Gasteiger partial charge < -0.3 is 24.8 Å². The molecule has 0 spiro atoms. The summed E-state index contributed by atoms with van der Waals surface area (Å²) in [5.41, 5.74) is 2.23. The molecule has 2 aromatic carbocycles. The quantitative estimate of drug-likeness (QED) is 0.299. The number of ether oxygens (including phenoxy) is 1. The van der Waals surface area contributed by atoms with Crippen LogP contribution in [-0.4, -0.2) is 58.0 Å². The number of hydrogen-bond donors (Lipinski definition) is 2. The highest BCUT2D eigenvalue weighted by molar-refractivity contribution is 6.33. The maximum absolute atomic E-state index is 11.1. The second-order valence-electron chi connectivity index (χ2n) is 8.03. The zero-order chi connectivity index (χ0) is 23.7. The standard InChI is InChI=1S/C23H22ClN7O3/c1-29-9-11-30(12-10-29)20-6-5-15(13-19(20)24)26-23-27-21-18(7-8-25-21)22(28-23)34-17-4-2-3-16(14-17)31(32)33/h2-8,13-14H,9-12H2,1H3,(H2,25,26,27,28). The predicted octanol–water partition coefficient (Wildman–Crippen LogP) is 4.81. The average Bonchev–Trinajstić information content (AvgIpc) is 3.29. The van der Waals surface area contributed by atoms with Crippen LogP contribution in [0.3, 0.4) is 0 Å². The van der Waals surface area contributed by atoms with Crippen molar-refractivity contribution in [3.05, 3.63) is 69.9 Å². The van der Waals surface area contributed by atoms with Crippen molar-refractivity contribution >= 4 is 45.6 Å². The highest BCUT2D eigenvalue weighted by Gasteiger charge is 2.18. The number of hydrogen-bond acceptors (Lipinski definition) is 8. The van der Waals surface area contributed by atoms with Gasteiger partial charge in [-0.15, -0.1) is 0 Å². The van der Waals surface area contributed by atoms with E-state index >= 15 is 0 Å². The summed E-state index contributed by atoms with van der Waals surface area (Å²) in [6, 6.07) is 13.5. The monoisotopic (exact) mass is 479 g/mol. The SMILES string of the molecule is CN1CCN(c2ccc(Nc3nc(Oc4cccc([N+](=O)[O-])c4)c4cc[nH]c4n3)cc2Cl)CC1. The second-order valence-corrected chi connectivity index (χ2v) is 8.44. The third-order valence-electron chi connectivity index (χ3n) is 5.67. The van der Waals surface area contributed by atoms with Gasteiger partial charge in [0.05, 0.1) is 27.1 Å². The number of aromatic nitrogens is 3. The lowest BCUT2D eigenvalue weighted by Crippen LogP contribution is -2.44. The van der Waals surface area contributed by atoms with Crippen molar-refractivity contribution in [3.63, 3.8) is 0 Å². The van der Waals surface area contributed by atoms with Crippen LogP contribution in [-0.2, 0) is 0 Å². The van der Waals surface area contributed by atoms with Crippen molar-refractivity contribution in [1.29, 1.82) is 0 Å². The maximum Gasteiger partial charge on any atom is 0.273 e. The molecule has 0 amide bonds. The Morgan fingerprint density at radius 2 is 1.94 bits per heavy atom. The van der Waals surface area contributed by atoms with Crippen molar-refractivity contribution in [3.8, 4) is 11.6 Å². The van der Waals surface area contributed by atoms with E-state index in [1.165, 1.54) is 12.1 Å². The van der Waals surface area contributed by atoms with Gasteiger partial charge in [-0.3, -0.25) is 10.1 Å². The van der Waals surface area contributed by atoms with Crippen LogP contribution < -0.4 is 15.0 Å². The number of nitro benzene ring substituents is 1. The molecule has 10 nitrogen and oxygen atoms in total. The van der Waals surface area contributed by atoms with E-state index in [-0.39, 0.29) is 11.6 Å². The number of rotatable bonds is 6. The minimum Gasteiger partial charge on any atom is -0.438 e. The third-order valence-corrected chi connectivity index (χ3v) is 5.97. The predicted molar refractivity (Wildman–Crippen MR) is 132 cm³/mol. The minimum atomic E-state index is -0.471. The Kier molecular flexibility index (Phi) is 5.91. The van der Waals surface area contributed by atoms with Gasteiger partial charge in [-0.05, 0) is 37.4 Å². The zero-order valence-electron chi connectivity index (χ0n) is 18.4. The Morgan fingerprint density at radius 1 is 1.12 bits per heavy atom. The van der Waals surface area contributed by atoms with Gasteiger partial charge >= 0.3 is 0 Å². The largest absolute Gasteiger partial charge is 0.438 e. The number of piperazine rings is 1. The van der Waals surface area contributed by atoms with Crippen LogP contribution in [0.2, 0.25) is 5.02 Å². The maximum atomic E-state index is 11.1. The number of anilines is 3. The van der Waals surface area contributed by atoms with Gasteiger partial charge in [0, 0.05) is 44.1 Å². The molecule has 5 rings (SSSR count). The molecule has 0 aliphatic carbocycles. The van der Waals surface area contributed by atoms with E-state index in [1.807, 2.05) is 18.2 Å². The Hall–Kier alpha value is -3.89. The number of fused-ring (bicyclic) bond motifs is 1. The van der Waals surface area contributed by atoms with Gasteiger partial charge in [-0.25, -0.2) is 0 Å². The fraction of sp³-hybridized carbons (Fsp3) is 0.217. The first-order valence-electron chi connectivity index (χ1n) is 10.7. The first-order chi connectivity index (χ1) is 16.5. The number of benzene rings is 2. The van der Waals surface area contributed by atoms with Crippen LogP contribution >= 0.6 is 11.6 Å². The molecule has 0 atom stereocenters. The van der Waals surface area contributed by atoms with E-state index < -0.39 is 4.92 Å². The van der Waals surface area contributed by atoms with E-state index in [1.54, 1.807) is 24.4 Å². The van der Waals surface area contributed by atoms with Gasteiger partial charge in [0.1, 0.15) is 11.4 Å². The molecule has 0 saturated carbocycles. The second kappa shape index (κ2) is 9.16. The molecule has 1 aliphatic heterocycles. The van der Waals surface area contributed by atoms with Crippen LogP contribution in [0.15, 0.2) is 54.7 Å². The first-order valence-corrected chi connectivity index (χ1v) is 11.1. The van der Waals surface area contributed by atoms with Crippen molar-refractivity contribution in [2.24, 2.45) is 0 Å². The Balaban J connectivity index is 1.40. The molecular formula is C23H22ClN7O3. The lowest BCUT2D eigenvalue weighted by molar-refractivity contribution is -0.384. The average molecular weight is 480 g/mol. The molecule has 34 heavy (non-hydrogen) atoms. The molecule has 1 saturated heterocycles. The van der Waals surface area contributed by atoms with E-state index in [0.717, 1.165) is 37.6 Å². The van der Waals surface area contributed by atoms with Crippen LogP contribution in [0.5, 0.6) is 11.6 Å². The van der Waals surface area contributed by atoms with Crippen molar-refractivity contribution < 1.29 is 9.66 Å².